The van der Waals surface area contributed by atoms with Gasteiger partial charge in [0, 0.05) is 23.8 Å². The molecule has 0 radical (unpaired) electrons. The van der Waals surface area contributed by atoms with Crippen LogP contribution in [0, 0.1) is 10.1 Å². The highest BCUT2D eigenvalue weighted by molar-refractivity contribution is 5.87. The summed E-state index contributed by atoms with van der Waals surface area (Å²) in [5.74, 6) is 0.835. The second-order valence-corrected chi connectivity index (χ2v) is 6.51. The van der Waals surface area contributed by atoms with Crippen LogP contribution in [0.2, 0.25) is 0 Å². The van der Waals surface area contributed by atoms with E-state index in [0.717, 1.165) is 5.56 Å². The topological polar surface area (TPSA) is 127 Å². The van der Waals surface area contributed by atoms with Crippen LogP contribution in [0.1, 0.15) is 31.4 Å². The minimum atomic E-state index is -0.790. The number of nitrogens with zero attached hydrogens (tertiary/aromatic N) is 3. The molecule has 0 aliphatic carbocycles. The Bertz CT molecular complexity index is 1120. The fourth-order valence-electron chi connectivity index (χ4n) is 2.73. The van der Waals surface area contributed by atoms with Crippen LogP contribution in [0.4, 0.5) is 5.69 Å². The lowest BCUT2D eigenvalue weighted by Crippen LogP contribution is -2.06. The first kappa shape index (κ1) is 22.5. The van der Waals surface area contributed by atoms with Gasteiger partial charge >= 0.3 is 5.97 Å². The van der Waals surface area contributed by atoms with Gasteiger partial charge in [0.05, 0.1) is 18.6 Å². The first-order valence-corrected chi connectivity index (χ1v) is 9.69. The van der Waals surface area contributed by atoms with Crippen molar-refractivity contribution < 1.29 is 28.3 Å². The van der Waals surface area contributed by atoms with Crippen molar-refractivity contribution in [3.05, 3.63) is 70.1 Å². The molecule has 0 bridgehead atoms. The minimum absolute atomic E-state index is 0.0484. The number of hydrogen-bond acceptors (Lipinski definition) is 9. The summed E-state index contributed by atoms with van der Waals surface area (Å²) in [4.78, 5) is 22.4. The lowest BCUT2D eigenvalue weighted by Gasteiger charge is -2.09. The van der Waals surface area contributed by atoms with Crippen LogP contribution in [0.15, 0.2) is 53.0 Å². The third-order valence-corrected chi connectivity index (χ3v) is 4.31. The Hall–Kier alpha value is -4.21. The average molecular weight is 439 g/mol. The maximum atomic E-state index is 12.2. The monoisotopic (exact) mass is 439 g/mol. The normalized spacial score (nSPS) is 11.8. The summed E-state index contributed by atoms with van der Waals surface area (Å²) in [5, 5.41) is 18.5. The van der Waals surface area contributed by atoms with Crippen molar-refractivity contribution in [1.82, 2.24) is 10.2 Å². The molecule has 10 nitrogen and oxygen atoms in total. The van der Waals surface area contributed by atoms with E-state index >= 15 is 0 Å². The van der Waals surface area contributed by atoms with E-state index in [4.69, 9.17) is 18.6 Å². The second-order valence-electron chi connectivity index (χ2n) is 6.51. The van der Waals surface area contributed by atoms with Crippen LogP contribution in [0.3, 0.4) is 0 Å². The smallest absolute Gasteiger partial charge is 0.331 e. The zero-order valence-electron chi connectivity index (χ0n) is 17.7. The van der Waals surface area contributed by atoms with Crippen LogP contribution in [0.25, 0.3) is 17.5 Å². The number of nitro groups is 1. The molecule has 1 aromatic heterocycles. The highest BCUT2D eigenvalue weighted by Gasteiger charge is 2.18. The molecule has 1 heterocycles. The van der Waals surface area contributed by atoms with Crippen LogP contribution in [-0.2, 0) is 9.53 Å². The van der Waals surface area contributed by atoms with Gasteiger partial charge in [0.25, 0.3) is 11.6 Å². The van der Waals surface area contributed by atoms with E-state index in [1.165, 1.54) is 37.5 Å². The number of methoxy groups -OCH3 is 1. The number of carbonyl (C=O) groups is 1. The Labute approximate surface area is 183 Å². The van der Waals surface area contributed by atoms with E-state index in [2.05, 4.69) is 10.2 Å². The van der Waals surface area contributed by atoms with Gasteiger partial charge in [0.1, 0.15) is 0 Å². The first-order chi connectivity index (χ1) is 15.4. The fraction of sp³-hybridized carbons (Fsp3) is 0.227. The summed E-state index contributed by atoms with van der Waals surface area (Å²) in [7, 11) is 1.54. The van der Waals surface area contributed by atoms with Gasteiger partial charge in [-0.15, -0.1) is 10.2 Å². The summed E-state index contributed by atoms with van der Waals surface area (Å²) in [6, 6.07) is 11.0. The quantitative estimate of drug-likeness (QED) is 0.207. The van der Waals surface area contributed by atoms with E-state index < -0.39 is 17.0 Å². The van der Waals surface area contributed by atoms with E-state index in [1.807, 2.05) is 6.92 Å². The molecule has 0 saturated carbocycles. The number of non-ortho nitro benzene ring substituents is 1. The Morgan fingerprint density at radius 2 is 1.94 bits per heavy atom. The van der Waals surface area contributed by atoms with Gasteiger partial charge in [-0.25, -0.2) is 4.79 Å². The number of aromatic nitrogens is 2. The molecule has 0 aliphatic rings. The molecule has 0 aliphatic heterocycles. The first-order valence-electron chi connectivity index (χ1n) is 9.69. The summed E-state index contributed by atoms with van der Waals surface area (Å²) in [6.07, 6.45) is 2.07. The van der Waals surface area contributed by atoms with Gasteiger partial charge in [-0.2, -0.15) is 0 Å². The van der Waals surface area contributed by atoms with Gasteiger partial charge in [0.2, 0.25) is 5.89 Å². The summed E-state index contributed by atoms with van der Waals surface area (Å²) >= 11 is 0. The zero-order valence-corrected chi connectivity index (χ0v) is 17.7. The summed E-state index contributed by atoms with van der Waals surface area (Å²) in [6.45, 7) is 3.98. The van der Waals surface area contributed by atoms with Crippen molar-refractivity contribution in [2.45, 2.75) is 20.0 Å². The molecule has 166 valence electrons. The van der Waals surface area contributed by atoms with E-state index in [-0.39, 0.29) is 17.5 Å². The van der Waals surface area contributed by atoms with Crippen LogP contribution in [-0.4, -0.2) is 34.8 Å². The maximum Gasteiger partial charge on any atom is 0.331 e. The lowest BCUT2D eigenvalue weighted by molar-refractivity contribution is -0.384. The average Bonchev–Trinajstić information content (AvgIpc) is 3.29. The molecule has 3 aromatic rings. The number of nitro benzene ring substituents is 1. The van der Waals surface area contributed by atoms with Crippen LogP contribution < -0.4 is 9.47 Å². The predicted molar refractivity (Wildman–Crippen MR) is 114 cm³/mol. The minimum Gasteiger partial charge on any atom is -0.493 e. The van der Waals surface area contributed by atoms with Gasteiger partial charge < -0.3 is 18.6 Å². The molecule has 1 unspecified atom stereocenters. The molecular weight excluding hydrogens is 418 g/mol. The molecule has 0 spiro atoms. The maximum absolute atomic E-state index is 12.2. The Kier molecular flexibility index (Phi) is 7.17. The van der Waals surface area contributed by atoms with Crippen molar-refractivity contribution in [3.8, 4) is 23.0 Å². The predicted octanol–water partition coefficient (Wildman–Crippen LogP) is 4.37. The van der Waals surface area contributed by atoms with Crippen molar-refractivity contribution in [2.75, 3.05) is 13.7 Å². The molecule has 0 amide bonds. The fourth-order valence-corrected chi connectivity index (χ4v) is 2.73. The SMILES string of the molecule is CCOc1ccc(/C=C/C(=O)OC(C)c2nnc(-c3ccc([N+](=O)[O-])cc3)o2)cc1OC. The lowest BCUT2D eigenvalue weighted by atomic mass is 10.2. The van der Waals surface area contributed by atoms with Gasteiger partial charge in [-0.05, 0) is 49.8 Å². The van der Waals surface area contributed by atoms with Crippen LogP contribution >= 0.6 is 0 Å². The highest BCUT2D eigenvalue weighted by Crippen LogP contribution is 2.29. The van der Waals surface area contributed by atoms with Gasteiger partial charge in [-0.3, -0.25) is 10.1 Å². The second kappa shape index (κ2) is 10.2. The summed E-state index contributed by atoms with van der Waals surface area (Å²) in [5.41, 5.74) is 1.19. The Morgan fingerprint density at radius 3 is 2.59 bits per heavy atom. The molecule has 2 aromatic carbocycles. The Balaban J connectivity index is 1.63. The molecule has 3 rings (SSSR count). The standard InChI is InChI=1S/C22H21N3O7/c1-4-30-18-11-5-15(13-19(18)29-3)6-12-20(26)31-14(2)21-23-24-22(32-21)16-7-9-17(10-8-16)25(27)28/h5-14H,4H2,1-3H3/b12-6+. The van der Waals surface area contributed by atoms with Crippen molar-refractivity contribution in [3.63, 3.8) is 0 Å². The number of benzene rings is 2. The third-order valence-electron chi connectivity index (χ3n) is 4.31. The molecule has 0 fully saturated rings. The number of carbonyl (C=O) groups excluding carboxylic acids is 1. The highest BCUT2D eigenvalue weighted by atomic mass is 16.6. The molecular formula is C22H21N3O7. The molecule has 1 atom stereocenters. The zero-order chi connectivity index (χ0) is 23.1. The number of rotatable bonds is 9. The van der Waals surface area contributed by atoms with Gasteiger partial charge in [-0.1, -0.05) is 6.07 Å². The van der Waals surface area contributed by atoms with E-state index in [1.54, 1.807) is 31.2 Å². The van der Waals surface area contributed by atoms with E-state index in [0.29, 0.717) is 23.7 Å². The van der Waals surface area contributed by atoms with Crippen LogP contribution in [0.5, 0.6) is 11.5 Å². The molecule has 0 N–H and O–H groups in total. The van der Waals surface area contributed by atoms with E-state index in [9.17, 15) is 14.9 Å². The molecule has 0 saturated heterocycles. The number of ether oxygens (including phenoxy) is 3. The number of hydrogen-bond donors (Lipinski definition) is 0. The van der Waals surface area contributed by atoms with Crippen molar-refractivity contribution in [2.24, 2.45) is 0 Å². The third kappa shape index (κ3) is 5.48. The number of esters is 1. The van der Waals surface area contributed by atoms with Crippen molar-refractivity contribution in [1.29, 1.82) is 0 Å². The Morgan fingerprint density at radius 1 is 1.19 bits per heavy atom. The summed E-state index contributed by atoms with van der Waals surface area (Å²) < 4.78 is 21.6. The van der Waals surface area contributed by atoms with Gasteiger partial charge in [0.15, 0.2) is 17.6 Å². The largest absolute Gasteiger partial charge is 0.493 e. The molecule has 10 heteroatoms. The van der Waals surface area contributed by atoms with Crippen molar-refractivity contribution >= 4 is 17.7 Å². The molecule has 32 heavy (non-hydrogen) atoms.